The smallest absolute Gasteiger partial charge is 0.407 e. The summed E-state index contributed by atoms with van der Waals surface area (Å²) in [7, 11) is 0. The second kappa shape index (κ2) is 9.73. The summed E-state index contributed by atoms with van der Waals surface area (Å²) in [5.41, 5.74) is 1.71. The minimum absolute atomic E-state index is 0.0774. The first-order chi connectivity index (χ1) is 14.7. The van der Waals surface area contributed by atoms with E-state index in [1.807, 2.05) is 55.8 Å². The van der Waals surface area contributed by atoms with Gasteiger partial charge in [0, 0.05) is 30.2 Å². The van der Waals surface area contributed by atoms with Crippen LogP contribution in [0.5, 0.6) is 0 Å². The molecule has 31 heavy (non-hydrogen) atoms. The summed E-state index contributed by atoms with van der Waals surface area (Å²) in [5, 5.41) is 8.15. The zero-order valence-electron chi connectivity index (χ0n) is 18.7. The molecule has 1 aromatic carbocycles. The van der Waals surface area contributed by atoms with Gasteiger partial charge in [-0.3, -0.25) is 9.48 Å². The summed E-state index contributed by atoms with van der Waals surface area (Å²) in [6, 6.07) is 9.41. The van der Waals surface area contributed by atoms with E-state index in [0.29, 0.717) is 30.4 Å². The van der Waals surface area contributed by atoms with Crippen molar-refractivity contribution >= 4 is 23.6 Å². The highest BCUT2D eigenvalue weighted by atomic mass is 35.5. The number of aromatic nitrogens is 2. The van der Waals surface area contributed by atoms with E-state index in [2.05, 4.69) is 12.2 Å². The standard InChI is InChI=1S/C23H31ClN4O3/c1-5-6-7-18-15-27(13-12-25-22(30)31-23(2,3)4)21(29)20-14-19(26-28(18)20)16-8-10-17(24)11-9-16/h8-11,14,18H,5-7,12-13,15H2,1-4H3,(H,25,30). The Labute approximate surface area is 188 Å². The van der Waals surface area contributed by atoms with Gasteiger partial charge in [-0.2, -0.15) is 5.10 Å². The van der Waals surface area contributed by atoms with Crippen molar-refractivity contribution in [2.45, 2.75) is 58.6 Å². The van der Waals surface area contributed by atoms with Crippen molar-refractivity contribution in [1.82, 2.24) is 20.0 Å². The zero-order valence-corrected chi connectivity index (χ0v) is 19.4. The van der Waals surface area contributed by atoms with Gasteiger partial charge >= 0.3 is 6.09 Å². The number of halogens is 1. The van der Waals surface area contributed by atoms with Gasteiger partial charge in [0.1, 0.15) is 11.3 Å². The quantitative estimate of drug-likeness (QED) is 0.655. The summed E-state index contributed by atoms with van der Waals surface area (Å²) in [6.45, 7) is 8.93. The maximum Gasteiger partial charge on any atom is 0.407 e. The number of alkyl carbamates (subject to hydrolysis) is 1. The number of nitrogens with zero attached hydrogens (tertiary/aromatic N) is 3. The molecule has 3 rings (SSSR count). The van der Waals surface area contributed by atoms with Gasteiger partial charge in [-0.1, -0.05) is 43.5 Å². The molecule has 1 aromatic heterocycles. The van der Waals surface area contributed by atoms with Crippen molar-refractivity contribution < 1.29 is 14.3 Å². The van der Waals surface area contributed by atoms with Crippen LogP contribution < -0.4 is 5.32 Å². The highest BCUT2D eigenvalue weighted by molar-refractivity contribution is 6.30. The van der Waals surface area contributed by atoms with Gasteiger partial charge < -0.3 is 15.0 Å². The van der Waals surface area contributed by atoms with Gasteiger partial charge in [0.2, 0.25) is 0 Å². The lowest BCUT2D eigenvalue weighted by Crippen LogP contribution is -2.46. The molecular formula is C23H31ClN4O3. The number of hydrogen-bond acceptors (Lipinski definition) is 4. The molecule has 1 atom stereocenters. The van der Waals surface area contributed by atoms with Gasteiger partial charge in [-0.25, -0.2) is 4.79 Å². The van der Waals surface area contributed by atoms with Crippen molar-refractivity contribution in [2.75, 3.05) is 19.6 Å². The highest BCUT2D eigenvalue weighted by Crippen LogP contribution is 2.29. The van der Waals surface area contributed by atoms with Crippen LogP contribution in [0.15, 0.2) is 30.3 Å². The van der Waals surface area contributed by atoms with Gasteiger partial charge in [-0.05, 0) is 45.4 Å². The third-order valence-electron chi connectivity index (χ3n) is 5.10. The number of fused-ring (bicyclic) bond motifs is 1. The van der Waals surface area contributed by atoms with Crippen molar-refractivity contribution in [3.8, 4) is 11.3 Å². The number of benzene rings is 1. The van der Waals surface area contributed by atoms with E-state index < -0.39 is 11.7 Å². The van der Waals surface area contributed by atoms with Gasteiger partial charge in [0.15, 0.2) is 0 Å². The van der Waals surface area contributed by atoms with Crippen LogP contribution in [-0.4, -0.2) is 51.9 Å². The summed E-state index contributed by atoms with van der Waals surface area (Å²) in [6.07, 6.45) is 2.59. The first kappa shape index (κ1) is 23.1. The lowest BCUT2D eigenvalue weighted by molar-refractivity contribution is 0.0501. The van der Waals surface area contributed by atoms with E-state index in [1.165, 1.54) is 0 Å². The van der Waals surface area contributed by atoms with E-state index in [4.69, 9.17) is 21.4 Å². The minimum Gasteiger partial charge on any atom is -0.444 e. The first-order valence-electron chi connectivity index (χ1n) is 10.8. The highest BCUT2D eigenvalue weighted by Gasteiger charge is 2.32. The fraction of sp³-hybridized carbons (Fsp3) is 0.522. The van der Waals surface area contributed by atoms with Crippen LogP contribution in [0.3, 0.4) is 0 Å². The Bertz CT molecular complexity index is 918. The molecule has 0 radical (unpaired) electrons. The van der Waals surface area contributed by atoms with Crippen molar-refractivity contribution in [2.24, 2.45) is 0 Å². The molecule has 2 heterocycles. The summed E-state index contributed by atoms with van der Waals surface area (Å²) in [4.78, 5) is 26.8. The van der Waals surface area contributed by atoms with Gasteiger partial charge in [-0.15, -0.1) is 0 Å². The van der Waals surface area contributed by atoms with Crippen molar-refractivity contribution in [1.29, 1.82) is 0 Å². The number of hydrogen-bond donors (Lipinski definition) is 1. The minimum atomic E-state index is -0.555. The van der Waals surface area contributed by atoms with E-state index >= 15 is 0 Å². The molecule has 0 bridgehead atoms. The van der Waals surface area contributed by atoms with Crippen LogP contribution in [0.1, 0.15) is 63.5 Å². The monoisotopic (exact) mass is 446 g/mol. The second-order valence-electron chi connectivity index (χ2n) is 8.84. The number of ether oxygens (including phenoxy) is 1. The Morgan fingerprint density at radius 3 is 2.65 bits per heavy atom. The van der Waals surface area contributed by atoms with Crippen LogP contribution in [0.25, 0.3) is 11.3 Å². The molecule has 2 aromatic rings. The molecule has 0 aliphatic carbocycles. The zero-order chi connectivity index (χ0) is 22.6. The van der Waals surface area contributed by atoms with E-state index in [-0.39, 0.29) is 11.9 Å². The molecule has 2 amide bonds. The molecule has 0 spiro atoms. The van der Waals surface area contributed by atoms with E-state index in [1.54, 1.807) is 4.90 Å². The SMILES string of the molecule is CCCCC1CN(CCNC(=O)OC(C)(C)C)C(=O)c2cc(-c3ccc(Cl)cc3)nn21. The van der Waals surface area contributed by atoms with Gasteiger partial charge in [0.25, 0.3) is 5.91 Å². The summed E-state index contributed by atoms with van der Waals surface area (Å²) in [5.74, 6) is -0.0774. The molecule has 0 saturated heterocycles. The fourth-order valence-corrected chi connectivity index (χ4v) is 3.75. The number of amides is 2. The molecule has 1 aliphatic heterocycles. The van der Waals surface area contributed by atoms with Gasteiger partial charge in [0.05, 0.1) is 11.7 Å². The Kier molecular flexibility index (Phi) is 7.26. The molecule has 7 nitrogen and oxygen atoms in total. The predicted molar refractivity (Wildman–Crippen MR) is 121 cm³/mol. The molecule has 8 heteroatoms. The fourth-order valence-electron chi connectivity index (χ4n) is 3.62. The largest absolute Gasteiger partial charge is 0.444 e. The normalized spacial score (nSPS) is 16.2. The first-order valence-corrected chi connectivity index (χ1v) is 11.2. The van der Waals surface area contributed by atoms with Crippen LogP contribution in [0.4, 0.5) is 4.79 Å². The molecule has 1 N–H and O–H groups in total. The number of rotatable bonds is 7. The van der Waals surface area contributed by atoms with E-state index in [9.17, 15) is 9.59 Å². The summed E-state index contributed by atoms with van der Waals surface area (Å²) >= 11 is 6.00. The van der Waals surface area contributed by atoms with Crippen molar-refractivity contribution in [3.63, 3.8) is 0 Å². The third-order valence-corrected chi connectivity index (χ3v) is 5.35. The maximum absolute atomic E-state index is 13.1. The lowest BCUT2D eigenvalue weighted by atomic mass is 10.1. The number of unbranched alkanes of at least 4 members (excludes halogenated alkanes) is 1. The summed E-state index contributed by atoms with van der Waals surface area (Å²) < 4.78 is 7.14. The Morgan fingerprint density at radius 2 is 2.00 bits per heavy atom. The maximum atomic E-state index is 13.1. The second-order valence-corrected chi connectivity index (χ2v) is 9.28. The molecule has 1 aliphatic rings. The number of carbonyl (C=O) groups excluding carboxylic acids is 2. The van der Waals surface area contributed by atoms with Crippen LogP contribution in [-0.2, 0) is 4.74 Å². The molecule has 0 saturated carbocycles. The van der Waals surface area contributed by atoms with Crippen LogP contribution >= 0.6 is 11.6 Å². The van der Waals surface area contributed by atoms with Crippen LogP contribution in [0, 0.1) is 0 Å². The van der Waals surface area contributed by atoms with Crippen LogP contribution in [0.2, 0.25) is 5.02 Å². The lowest BCUT2D eigenvalue weighted by Gasteiger charge is -2.33. The van der Waals surface area contributed by atoms with Crippen molar-refractivity contribution in [3.05, 3.63) is 41.0 Å². The average Bonchev–Trinajstić information content (AvgIpc) is 3.14. The molecule has 168 valence electrons. The molecule has 1 unspecified atom stereocenters. The topological polar surface area (TPSA) is 76.5 Å². The number of nitrogens with one attached hydrogen (secondary N) is 1. The molecule has 0 fully saturated rings. The Balaban J connectivity index is 1.74. The molecular weight excluding hydrogens is 416 g/mol. The number of carbonyl (C=O) groups is 2. The predicted octanol–water partition coefficient (Wildman–Crippen LogP) is 4.92. The average molecular weight is 447 g/mol. The van der Waals surface area contributed by atoms with E-state index in [0.717, 1.165) is 30.5 Å². The Morgan fingerprint density at radius 1 is 1.29 bits per heavy atom. The Hall–Kier alpha value is -2.54. The third kappa shape index (κ3) is 6.00.